The number of pyridine rings is 1. The van der Waals surface area contributed by atoms with Crippen molar-refractivity contribution in [2.75, 3.05) is 12.9 Å². The van der Waals surface area contributed by atoms with Crippen LogP contribution in [0.5, 0.6) is 0 Å². The van der Waals surface area contributed by atoms with Gasteiger partial charge in [-0.15, -0.1) is 0 Å². The number of aromatic nitrogens is 1. The maximum absolute atomic E-state index is 12.6. The Balaban J connectivity index is 1.78. The van der Waals surface area contributed by atoms with E-state index >= 15 is 0 Å². The standard InChI is InChI=1S/C21H19NO5S/c1-13-4-9-19-17(10-13)18(11-14(2)22-19)21(24)27-12-20(23)15-5-7-16(8-6-15)28(3,25)26/h4-11H,12H2,1-3H3. The predicted octanol–water partition coefficient (Wildman–Crippen LogP) is 3.29. The number of ether oxygens (including phenoxy) is 1. The number of esters is 1. The van der Waals surface area contributed by atoms with Crippen LogP contribution in [0.15, 0.2) is 53.4 Å². The van der Waals surface area contributed by atoms with Crippen LogP contribution in [0.25, 0.3) is 10.9 Å². The van der Waals surface area contributed by atoms with Gasteiger partial charge in [-0.2, -0.15) is 0 Å². The topological polar surface area (TPSA) is 90.4 Å². The Bertz CT molecular complexity index is 1180. The van der Waals surface area contributed by atoms with Crippen LogP contribution in [0, 0.1) is 13.8 Å². The molecule has 1 aromatic heterocycles. The minimum absolute atomic E-state index is 0.121. The summed E-state index contributed by atoms with van der Waals surface area (Å²) in [5.41, 5.74) is 2.96. The largest absolute Gasteiger partial charge is 0.454 e. The quantitative estimate of drug-likeness (QED) is 0.485. The predicted molar refractivity (Wildman–Crippen MR) is 105 cm³/mol. The smallest absolute Gasteiger partial charge is 0.339 e. The van der Waals surface area contributed by atoms with Crippen molar-refractivity contribution in [3.8, 4) is 0 Å². The third kappa shape index (κ3) is 4.26. The molecule has 0 N–H and O–H groups in total. The summed E-state index contributed by atoms with van der Waals surface area (Å²) in [6, 6.07) is 12.7. The number of aryl methyl sites for hydroxylation is 2. The number of benzene rings is 2. The Hall–Kier alpha value is -3.06. The van der Waals surface area contributed by atoms with Gasteiger partial charge in [0.15, 0.2) is 22.2 Å². The maximum atomic E-state index is 12.6. The van der Waals surface area contributed by atoms with Gasteiger partial charge in [0.2, 0.25) is 0 Å². The van der Waals surface area contributed by atoms with Gasteiger partial charge in [0, 0.05) is 22.9 Å². The fraction of sp³-hybridized carbons (Fsp3) is 0.190. The molecule has 6 nitrogen and oxygen atoms in total. The maximum Gasteiger partial charge on any atom is 0.339 e. The van der Waals surface area contributed by atoms with Crippen molar-refractivity contribution in [3.05, 3.63) is 70.9 Å². The van der Waals surface area contributed by atoms with Crippen LogP contribution in [-0.4, -0.2) is 38.0 Å². The molecule has 3 aromatic rings. The molecule has 28 heavy (non-hydrogen) atoms. The zero-order valence-corrected chi connectivity index (χ0v) is 16.5. The molecule has 1 heterocycles. The molecule has 0 aliphatic rings. The zero-order chi connectivity index (χ0) is 20.5. The molecule has 0 aliphatic heterocycles. The lowest BCUT2D eigenvalue weighted by atomic mass is 10.1. The van der Waals surface area contributed by atoms with E-state index < -0.39 is 28.2 Å². The van der Waals surface area contributed by atoms with Crippen molar-refractivity contribution >= 4 is 32.5 Å². The second kappa shape index (κ2) is 7.52. The molecule has 0 unspecified atom stereocenters. The Morgan fingerprint density at radius 2 is 1.68 bits per heavy atom. The fourth-order valence-electron chi connectivity index (χ4n) is 2.82. The van der Waals surface area contributed by atoms with Crippen LogP contribution in [-0.2, 0) is 14.6 Å². The first-order valence-corrected chi connectivity index (χ1v) is 10.4. The summed E-state index contributed by atoms with van der Waals surface area (Å²) in [4.78, 5) is 29.4. The van der Waals surface area contributed by atoms with Gasteiger partial charge in [-0.25, -0.2) is 13.2 Å². The first kappa shape index (κ1) is 19.7. The lowest BCUT2D eigenvalue weighted by molar-refractivity contribution is 0.0476. The van der Waals surface area contributed by atoms with E-state index in [1.807, 2.05) is 25.1 Å². The highest BCUT2D eigenvalue weighted by Crippen LogP contribution is 2.21. The van der Waals surface area contributed by atoms with E-state index in [1.54, 1.807) is 13.0 Å². The molecular weight excluding hydrogens is 378 g/mol. The van der Waals surface area contributed by atoms with Gasteiger partial charge in [0.25, 0.3) is 0 Å². The van der Waals surface area contributed by atoms with Crippen LogP contribution < -0.4 is 0 Å². The summed E-state index contributed by atoms with van der Waals surface area (Å²) < 4.78 is 28.2. The molecular formula is C21H19NO5S. The molecule has 0 saturated carbocycles. The zero-order valence-electron chi connectivity index (χ0n) is 15.7. The summed E-state index contributed by atoms with van der Waals surface area (Å²) in [7, 11) is -3.34. The number of sulfone groups is 1. The van der Waals surface area contributed by atoms with Crippen molar-refractivity contribution < 1.29 is 22.7 Å². The monoisotopic (exact) mass is 397 g/mol. The van der Waals surface area contributed by atoms with Gasteiger partial charge >= 0.3 is 5.97 Å². The van der Waals surface area contributed by atoms with Crippen molar-refractivity contribution in [1.29, 1.82) is 0 Å². The minimum Gasteiger partial charge on any atom is -0.454 e. The van der Waals surface area contributed by atoms with E-state index in [9.17, 15) is 18.0 Å². The lowest BCUT2D eigenvalue weighted by Crippen LogP contribution is -2.15. The summed E-state index contributed by atoms with van der Waals surface area (Å²) >= 11 is 0. The van der Waals surface area contributed by atoms with E-state index in [0.717, 1.165) is 11.8 Å². The highest BCUT2D eigenvalue weighted by Gasteiger charge is 2.16. The number of Topliss-reactive ketones (excluding diaryl/α,β-unsaturated/α-hetero) is 1. The number of carbonyl (C=O) groups is 2. The molecule has 0 aliphatic carbocycles. The van der Waals surface area contributed by atoms with Crippen LogP contribution in [0.3, 0.4) is 0 Å². The highest BCUT2D eigenvalue weighted by molar-refractivity contribution is 7.90. The minimum atomic E-state index is -3.34. The molecule has 0 fully saturated rings. The first-order valence-electron chi connectivity index (χ1n) is 8.53. The molecule has 0 radical (unpaired) electrons. The van der Waals surface area contributed by atoms with E-state index in [4.69, 9.17) is 4.74 Å². The number of hydrogen-bond acceptors (Lipinski definition) is 6. The van der Waals surface area contributed by atoms with Gasteiger partial charge in [-0.1, -0.05) is 11.6 Å². The van der Waals surface area contributed by atoms with Crippen LogP contribution in [0.2, 0.25) is 0 Å². The molecule has 3 rings (SSSR count). The molecule has 0 spiro atoms. The van der Waals surface area contributed by atoms with E-state index in [1.165, 1.54) is 24.3 Å². The number of nitrogens with zero attached hydrogens (tertiary/aromatic N) is 1. The van der Waals surface area contributed by atoms with E-state index in [0.29, 0.717) is 22.2 Å². The van der Waals surface area contributed by atoms with Crippen molar-refractivity contribution in [2.45, 2.75) is 18.7 Å². The fourth-order valence-corrected chi connectivity index (χ4v) is 3.45. The summed E-state index contributed by atoms with van der Waals surface area (Å²) in [5, 5.41) is 0.667. The van der Waals surface area contributed by atoms with Gasteiger partial charge in [0.05, 0.1) is 16.0 Å². The molecule has 0 amide bonds. The SMILES string of the molecule is Cc1ccc2nc(C)cc(C(=O)OCC(=O)c3ccc(S(C)(=O)=O)cc3)c2c1. The van der Waals surface area contributed by atoms with Crippen molar-refractivity contribution in [3.63, 3.8) is 0 Å². The number of ketones is 1. The number of carbonyl (C=O) groups excluding carboxylic acids is 2. The molecule has 0 saturated heterocycles. The Kier molecular flexibility index (Phi) is 5.29. The second-order valence-corrected chi connectivity index (χ2v) is 8.64. The Morgan fingerprint density at radius 1 is 1.00 bits per heavy atom. The summed E-state index contributed by atoms with van der Waals surface area (Å²) in [5.74, 6) is -1.03. The molecule has 0 atom stereocenters. The average molecular weight is 397 g/mol. The van der Waals surface area contributed by atoms with Crippen LogP contribution in [0.4, 0.5) is 0 Å². The molecule has 0 bridgehead atoms. The number of rotatable bonds is 5. The molecule has 144 valence electrons. The third-order valence-corrected chi connectivity index (χ3v) is 5.38. The Labute approximate surface area is 163 Å². The molecule has 7 heteroatoms. The van der Waals surface area contributed by atoms with E-state index in [-0.39, 0.29) is 10.5 Å². The average Bonchev–Trinajstić information content (AvgIpc) is 2.65. The number of hydrogen-bond donors (Lipinski definition) is 0. The normalized spacial score (nSPS) is 11.4. The van der Waals surface area contributed by atoms with Crippen molar-refractivity contribution in [2.24, 2.45) is 0 Å². The van der Waals surface area contributed by atoms with Crippen LogP contribution >= 0.6 is 0 Å². The van der Waals surface area contributed by atoms with E-state index in [2.05, 4.69) is 4.98 Å². The highest BCUT2D eigenvalue weighted by atomic mass is 32.2. The second-order valence-electron chi connectivity index (χ2n) is 6.63. The van der Waals surface area contributed by atoms with Gasteiger partial charge < -0.3 is 4.74 Å². The van der Waals surface area contributed by atoms with Crippen LogP contribution in [0.1, 0.15) is 32.0 Å². The van der Waals surface area contributed by atoms with Crippen molar-refractivity contribution in [1.82, 2.24) is 4.98 Å². The summed E-state index contributed by atoms with van der Waals surface area (Å²) in [6.07, 6.45) is 1.09. The number of fused-ring (bicyclic) bond motifs is 1. The van der Waals surface area contributed by atoms with Gasteiger partial charge in [0.1, 0.15) is 0 Å². The molecule has 2 aromatic carbocycles. The lowest BCUT2D eigenvalue weighted by Gasteiger charge is -2.09. The Morgan fingerprint density at radius 3 is 2.32 bits per heavy atom. The van der Waals surface area contributed by atoms with Gasteiger partial charge in [-0.3, -0.25) is 9.78 Å². The van der Waals surface area contributed by atoms with Gasteiger partial charge in [-0.05, 0) is 56.3 Å². The summed E-state index contributed by atoms with van der Waals surface area (Å²) in [6.45, 7) is 3.26. The third-order valence-electron chi connectivity index (χ3n) is 4.25. The first-order chi connectivity index (χ1) is 13.1.